The molecule has 8 aromatic rings. The predicted octanol–water partition coefficient (Wildman–Crippen LogP) is 8.37. The van der Waals surface area contributed by atoms with E-state index in [2.05, 4.69) is 20.9 Å². The van der Waals surface area contributed by atoms with Crippen LogP contribution < -0.4 is 10.7 Å². The zero-order valence-corrected chi connectivity index (χ0v) is 29.8. The molecule has 2 N–H and O–H groups in total. The highest BCUT2D eigenvalue weighted by Gasteiger charge is 2.37. The van der Waals surface area contributed by atoms with Gasteiger partial charge in [-0.2, -0.15) is 5.26 Å². The van der Waals surface area contributed by atoms with E-state index in [1.54, 1.807) is 12.1 Å². The second-order valence-electron chi connectivity index (χ2n) is 12.5. The number of hydrogen-bond donors (Lipinski definition) is 2. The third-order valence-corrected chi connectivity index (χ3v) is 11.0. The SMILES string of the molecule is [C-]#[N+]/C(c1nc2ccc(C)cc2s1)=c1\c2c(-c3cccc(O)c3)n(B(F)F)/c(=C(/C#N)c3nc4ccc(C)cc4s3)c2c(-c2cccc(O)c2)n1B(F)F. The number of halogens is 4. The molecule has 0 spiro atoms. The first-order valence-corrected chi connectivity index (χ1v) is 17.9. The van der Waals surface area contributed by atoms with Crippen LogP contribution in [0.15, 0.2) is 84.9 Å². The predicted molar refractivity (Wildman–Crippen MR) is 206 cm³/mol. The molecule has 0 fully saturated rings. The Morgan fingerprint density at radius 2 is 1.20 bits per heavy atom. The maximum absolute atomic E-state index is 15.9. The van der Waals surface area contributed by atoms with Crippen molar-refractivity contribution in [2.75, 3.05) is 0 Å². The molecule has 4 heterocycles. The molecule has 0 bridgehead atoms. The van der Waals surface area contributed by atoms with E-state index in [9.17, 15) is 15.5 Å². The van der Waals surface area contributed by atoms with E-state index in [1.807, 2.05) is 38.1 Å². The van der Waals surface area contributed by atoms with E-state index in [4.69, 9.17) is 6.57 Å². The lowest BCUT2D eigenvalue weighted by molar-refractivity contribution is 0.475. The van der Waals surface area contributed by atoms with Gasteiger partial charge in [0.1, 0.15) is 33.2 Å². The Morgan fingerprint density at radius 1 is 0.722 bits per heavy atom. The molecule has 4 aromatic heterocycles. The van der Waals surface area contributed by atoms with Crippen molar-refractivity contribution in [2.24, 2.45) is 0 Å². The van der Waals surface area contributed by atoms with Gasteiger partial charge < -0.3 is 19.2 Å². The van der Waals surface area contributed by atoms with Crippen LogP contribution in [0.25, 0.3) is 69.8 Å². The van der Waals surface area contributed by atoms with Gasteiger partial charge in [0.25, 0.3) is 0 Å². The van der Waals surface area contributed by atoms with Gasteiger partial charge in [-0.05, 0) is 73.5 Å². The molecule has 54 heavy (non-hydrogen) atoms. The maximum atomic E-state index is 15.9. The van der Waals surface area contributed by atoms with Crippen LogP contribution in [0.3, 0.4) is 0 Å². The van der Waals surface area contributed by atoms with Crippen LogP contribution in [-0.2, 0) is 0 Å². The lowest BCUT2D eigenvalue weighted by Crippen LogP contribution is -2.32. The van der Waals surface area contributed by atoms with Gasteiger partial charge >= 0.3 is 14.8 Å². The zero-order chi connectivity index (χ0) is 38.0. The normalized spacial score (nSPS) is 12.6. The maximum Gasteiger partial charge on any atom is 0.678 e. The third kappa shape index (κ3) is 5.59. The Bertz CT molecular complexity index is 2860. The highest BCUT2D eigenvalue weighted by atomic mass is 32.1. The molecule has 0 amide bonds. The van der Waals surface area contributed by atoms with Crippen LogP contribution in [0.4, 0.5) is 17.3 Å². The average molecular weight is 756 g/mol. The molecule has 0 saturated heterocycles. The minimum atomic E-state index is -3.36. The number of aromatic hydroxyl groups is 2. The van der Waals surface area contributed by atoms with E-state index in [1.165, 1.54) is 48.5 Å². The number of phenols is 2. The lowest BCUT2D eigenvalue weighted by atomic mass is 10.0. The second-order valence-corrected chi connectivity index (χ2v) is 14.5. The summed E-state index contributed by atoms with van der Waals surface area (Å²) in [6.07, 6.45) is 0. The number of rotatable bonds is 6. The smallest absolute Gasteiger partial charge is 0.508 e. The highest BCUT2D eigenvalue weighted by molar-refractivity contribution is 7.20. The number of nitriles is 1. The monoisotopic (exact) mass is 756 g/mol. The van der Waals surface area contributed by atoms with Gasteiger partial charge in [-0.1, -0.05) is 36.4 Å². The van der Waals surface area contributed by atoms with Crippen molar-refractivity contribution in [3.05, 3.63) is 128 Å². The zero-order valence-electron chi connectivity index (χ0n) is 28.1. The summed E-state index contributed by atoms with van der Waals surface area (Å²) in [5.74, 6) is -0.594. The van der Waals surface area contributed by atoms with Crippen molar-refractivity contribution in [1.29, 1.82) is 5.26 Å². The molecule has 0 aliphatic rings. The van der Waals surface area contributed by atoms with E-state index in [0.29, 0.717) is 29.4 Å². The Hall–Kier alpha value is -6.35. The van der Waals surface area contributed by atoms with E-state index in [0.717, 1.165) is 33.8 Å². The summed E-state index contributed by atoms with van der Waals surface area (Å²) >= 11 is 2.17. The Balaban J connectivity index is 1.73. The summed E-state index contributed by atoms with van der Waals surface area (Å²) in [5.41, 5.74) is 1.48. The molecule has 0 unspecified atom stereocenters. The van der Waals surface area contributed by atoms with Crippen LogP contribution in [0.1, 0.15) is 21.1 Å². The molecular weight excluding hydrogens is 734 g/mol. The summed E-state index contributed by atoms with van der Waals surface area (Å²) in [6, 6.07) is 23.6. The van der Waals surface area contributed by atoms with Gasteiger partial charge in [0.2, 0.25) is 5.70 Å². The minimum Gasteiger partial charge on any atom is -0.508 e. The fourth-order valence-electron chi connectivity index (χ4n) is 6.82. The van der Waals surface area contributed by atoms with Gasteiger partial charge in [-0.25, -0.2) is 14.8 Å². The number of nitrogens with zero attached hydrogens (tertiary/aromatic N) is 6. The number of thiazole rings is 2. The van der Waals surface area contributed by atoms with Crippen LogP contribution in [0.2, 0.25) is 0 Å². The van der Waals surface area contributed by atoms with Crippen molar-refractivity contribution >= 4 is 80.0 Å². The van der Waals surface area contributed by atoms with Crippen molar-refractivity contribution in [2.45, 2.75) is 13.8 Å². The summed E-state index contributed by atoms with van der Waals surface area (Å²) in [6.45, 7) is 12.1. The molecule has 4 aromatic carbocycles. The van der Waals surface area contributed by atoms with Crippen LogP contribution in [0, 0.1) is 31.8 Å². The summed E-state index contributed by atoms with van der Waals surface area (Å²) < 4.78 is 66.2. The minimum absolute atomic E-state index is 0.00291. The standard InChI is InChI=1S/C38H22B2F4N6O2S2/c1-19-10-12-26-28(14-19)53-37(47-26)25(18-45)35-30-31(34(49(35)39(41)42)22-7-5-9-24(52)17-22)36(50(40(43)44)33(30)21-6-4-8-23(51)16-21)32(46-3)38-48-27-13-11-20(2)15-29(27)54-38/h4-17,51-52H,1-2H3/b35-25-,36-32+. The summed E-state index contributed by atoms with van der Waals surface area (Å²) in [7, 11) is -6.73. The van der Waals surface area contributed by atoms with Gasteiger partial charge in [-0.3, -0.25) is 17.3 Å². The first-order chi connectivity index (χ1) is 26.0. The fraction of sp³-hybridized carbons (Fsp3) is 0.0526. The van der Waals surface area contributed by atoms with Crippen molar-refractivity contribution in [3.63, 3.8) is 0 Å². The quantitative estimate of drug-likeness (QED) is 0.101. The third-order valence-electron chi connectivity index (χ3n) is 8.98. The first kappa shape index (κ1) is 34.7. The van der Waals surface area contributed by atoms with Gasteiger partial charge in [0.15, 0.2) is 0 Å². The molecule has 16 heteroatoms. The molecular formula is C38H22B2F4N6O2S2. The average Bonchev–Trinajstić information content (AvgIpc) is 3.90. The molecule has 0 aliphatic heterocycles. The number of phenolic OH excluding ortho intramolecular Hbond substituents is 2. The number of benzene rings is 4. The van der Waals surface area contributed by atoms with E-state index in [-0.39, 0.29) is 66.1 Å². The van der Waals surface area contributed by atoms with E-state index >= 15 is 17.3 Å². The molecule has 0 atom stereocenters. The molecule has 8 rings (SSSR count). The Morgan fingerprint density at radius 3 is 1.69 bits per heavy atom. The fourth-order valence-corrected chi connectivity index (χ4v) is 8.94. The van der Waals surface area contributed by atoms with Gasteiger partial charge in [0.05, 0.1) is 37.7 Å². The summed E-state index contributed by atoms with van der Waals surface area (Å²) in [5, 5.41) is 30.9. The number of hydrogen-bond acceptors (Lipinski definition) is 7. The summed E-state index contributed by atoms with van der Waals surface area (Å²) in [4.78, 5) is 13.0. The lowest BCUT2D eigenvalue weighted by Gasteiger charge is -2.13. The van der Waals surface area contributed by atoms with Crippen LogP contribution in [-0.4, -0.2) is 43.9 Å². The van der Waals surface area contributed by atoms with Gasteiger partial charge in [0, 0.05) is 33.3 Å². The largest absolute Gasteiger partial charge is 0.678 e. The molecule has 0 saturated carbocycles. The molecule has 262 valence electrons. The molecule has 0 radical (unpaired) electrons. The van der Waals surface area contributed by atoms with Crippen LogP contribution in [0.5, 0.6) is 11.5 Å². The van der Waals surface area contributed by atoms with Crippen molar-refractivity contribution in [3.8, 4) is 40.1 Å². The van der Waals surface area contributed by atoms with Crippen molar-refractivity contribution in [1.82, 2.24) is 18.9 Å². The number of aryl methyl sites for hydroxylation is 2. The van der Waals surface area contributed by atoms with Gasteiger partial charge in [-0.15, -0.1) is 22.7 Å². The highest BCUT2D eigenvalue weighted by Crippen LogP contribution is 2.39. The number of aromatic nitrogens is 4. The molecule has 0 aliphatic carbocycles. The number of fused-ring (bicyclic) bond motifs is 3. The first-order valence-electron chi connectivity index (χ1n) is 16.2. The molecule has 8 nitrogen and oxygen atoms in total. The topological polar surface area (TPSA) is 104 Å². The van der Waals surface area contributed by atoms with Crippen molar-refractivity contribution < 1.29 is 27.5 Å². The Kier molecular flexibility index (Phi) is 8.52. The van der Waals surface area contributed by atoms with Crippen LogP contribution >= 0.6 is 22.7 Å². The van der Waals surface area contributed by atoms with E-state index < -0.39 is 25.5 Å². The Labute approximate surface area is 312 Å². The second kappa shape index (κ2) is 13.3.